The van der Waals surface area contributed by atoms with E-state index in [9.17, 15) is 4.79 Å². The quantitative estimate of drug-likeness (QED) is 0.616. The van der Waals surface area contributed by atoms with Crippen LogP contribution >= 0.6 is 0 Å². The maximum Gasteiger partial charge on any atom is 0.236 e. The molecule has 2 rings (SSSR count). The van der Waals surface area contributed by atoms with Crippen molar-refractivity contribution in [2.75, 3.05) is 39.8 Å². The molecule has 0 radical (unpaired) electrons. The fourth-order valence-electron chi connectivity index (χ4n) is 2.31. The fraction of sp³-hybridized carbons (Fsp3) is 0.900. The van der Waals surface area contributed by atoms with Crippen LogP contribution in [0.2, 0.25) is 0 Å². The molecule has 2 saturated heterocycles. The van der Waals surface area contributed by atoms with Crippen molar-refractivity contribution in [1.82, 2.24) is 15.1 Å². The van der Waals surface area contributed by atoms with Crippen molar-refractivity contribution >= 4 is 5.91 Å². The van der Waals surface area contributed by atoms with E-state index in [0.29, 0.717) is 12.6 Å². The zero-order valence-corrected chi connectivity index (χ0v) is 8.83. The Morgan fingerprint density at radius 3 is 2.64 bits per heavy atom. The van der Waals surface area contributed by atoms with Crippen molar-refractivity contribution < 1.29 is 4.79 Å². The van der Waals surface area contributed by atoms with Crippen molar-refractivity contribution in [1.29, 1.82) is 0 Å². The van der Waals surface area contributed by atoms with E-state index in [1.54, 1.807) is 0 Å². The molecule has 2 aliphatic rings. The molecule has 14 heavy (non-hydrogen) atoms. The summed E-state index contributed by atoms with van der Waals surface area (Å²) in [5, 5.41) is 3.11. The molecule has 2 aliphatic heterocycles. The van der Waals surface area contributed by atoms with E-state index in [1.807, 2.05) is 0 Å². The average molecular weight is 197 g/mol. The van der Waals surface area contributed by atoms with Crippen LogP contribution in [-0.4, -0.2) is 61.5 Å². The summed E-state index contributed by atoms with van der Waals surface area (Å²) >= 11 is 0. The Bertz CT molecular complexity index is 211. The summed E-state index contributed by atoms with van der Waals surface area (Å²) in [6.45, 7) is 4.64. The molecular weight excluding hydrogens is 178 g/mol. The number of nitrogens with one attached hydrogen (secondary N) is 1. The summed E-state index contributed by atoms with van der Waals surface area (Å²) in [5.74, 6) is 0.283. The Labute approximate surface area is 85.2 Å². The maximum atomic E-state index is 11.6. The molecule has 0 aromatic rings. The molecule has 0 aromatic carbocycles. The first-order chi connectivity index (χ1) is 6.77. The van der Waals surface area contributed by atoms with Gasteiger partial charge in [-0.2, -0.15) is 0 Å². The van der Waals surface area contributed by atoms with Gasteiger partial charge < -0.3 is 15.1 Å². The van der Waals surface area contributed by atoms with Gasteiger partial charge in [-0.15, -0.1) is 0 Å². The van der Waals surface area contributed by atoms with Crippen LogP contribution in [0, 0.1) is 0 Å². The smallest absolute Gasteiger partial charge is 0.236 e. The molecule has 0 aliphatic carbocycles. The first-order valence-electron chi connectivity index (χ1n) is 5.46. The van der Waals surface area contributed by atoms with Gasteiger partial charge in [0.15, 0.2) is 0 Å². The summed E-state index contributed by atoms with van der Waals surface area (Å²) < 4.78 is 0. The van der Waals surface area contributed by atoms with E-state index >= 15 is 0 Å². The lowest BCUT2D eigenvalue weighted by Gasteiger charge is -2.39. The number of piperidine rings is 1. The molecule has 0 spiro atoms. The molecule has 1 N–H and O–H groups in total. The van der Waals surface area contributed by atoms with Crippen molar-refractivity contribution in [2.24, 2.45) is 0 Å². The topological polar surface area (TPSA) is 35.6 Å². The number of hydrogen-bond acceptors (Lipinski definition) is 3. The molecule has 4 heteroatoms. The van der Waals surface area contributed by atoms with E-state index in [0.717, 1.165) is 39.0 Å². The fourth-order valence-corrected chi connectivity index (χ4v) is 2.31. The number of hydrogen-bond donors (Lipinski definition) is 1. The van der Waals surface area contributed by atoms with Crippen LogP contribution in [0.3, 0.4) is 0 Å². The second-order valence-corrected chi connectivity index (χ2v) is 4.30. The zero-order valence-electron chi connectivity index (χ0n) is 8.83. The second kappa shape index (κ2) is 4.28. The molecule has 80 valence electrons. The predicted octanol–water partition coefficient (Wildman–Crippen LogP) is -0.488. The van der Waals surface area contributed by atoms with E-state index in [4.69, 9.17) is 0 Å². The van der Waals surface area contributed by atoms with E-state index in [2.05, 4.69) is 22.2 Å². The molecule has 2 heterocycles. The maximum absolute atomic E-state index is 11.6. The molecule has 0 saturated carbocycles. The molecular formula is C10H19N3O. The van der Waals surface area contributed by atoms with Gasteiger partial charge in [0.1, 0.15) is 0 Å². The van der Waals surface area contributed by atoms with Gasteiger partial charge in [-0.25, -0.2) is 0 Å². The van der Waals surface area contributed by atoms with Gasteiger partial charge in [-0.1, -0.05) is 0 Å². The predicted molar refractivity (Wildman–Crippen MR) is 55.1 cm³/mol. The summed E-state index contributed by atoms with van der Waals surface area (Å²) in [4.78, 5) is 16.0. The zero-order chi connectivity index (χ0) is 9.97. The Balaban J connectivity index is 1.90. The van der Waals surface area contributed by atoms with Crippen LogP contribution in [0.25, 0.3) is 0 Å². The Hall–Kier alpha value is -0.610. The number of rotatable bonds is 1. The SMILES string of the molecule is CN1CCC(N2CCNCC2=O)CC1. The van der Waals surface area contributed by atoms with Crippen LogP contribution in [0.1, 0.15) is 12.8 Å². The number of piperazine rings is 1. The minimum atomic E-state index is 0.283. The molecule has 2 fully saturated rings. The second-order valence-electron chi connectivity index (χ2n) is 4.30. The lowest BCUT2D eigenvalue weighted by atomic mass is 10.0. The molecule has 4 nitrogen and oxygen atoms in total. The third kappa shape index (κ3) is 2.07. The third-order valence-corrected chi connectivity index (χ3v) is 3.25. The molecule has 0 bridgehead atoms. The van der Waals surface area contributed by atoms with Crippen molar-refractivity contribution in [3.8, 4) is 0 Å². The van der Waals surface area contributed by atoms with Gasteiger partial charge in [0, 0.05) is 19.1 Å². The van der Waals surface area contributed by atoms with Crippen LogP contribution in [0.5, 0.6) is 0 Å². The van der Waals surface area contributed by atoms with Crippen molar-refractivity contribution in [3.05, 3.63) is 0 Å². The molecule has 0 atom stereocenters. The summed E-state index contributed by atoms with van der Waals surface area (Å²) in [7, 11) is 2.15. The molecule has 1 amide bonds. The number of carbonyl (C=O) groups excluding carboxylic acids is 1. The van der Waals surface area contributed by atoms with Gasteiger partial charge in [-0.3, -0.25) is 4.79 Å². The van der Waals surface area contributed by atoms with E-state index in [1.165, 1.54) is 0 Å². The van der Waals surface area contributed by atoms with E-state index < -0.39 is 0 Å². The number of carbonyl (C=O) groups is 1. The van der Waals surface area contributed by atoms with Crippen molar-refractivity contribution in [2.45, 2.75) is 18.9 Å². The molecule has 0 unspecified atom stereocenters. The standard InChI is InChI=1S/C10H19N3O/c1-12-5-2-9(3-6-12)13-7-4-11-8-10(13)14/h9,11H,2-8H2,1H3. The average Bonchev–Trinajstić information content (AvgIpc) is 2.20. The van der Waals surface area contributed by atoms with Crippen molar-refractivity contribution in [3.63, 3.8) is 0 Å². The first-order valence-corrected chi connectivity index (χ1v) is 5.46. The van der Waals surface area contributed by atoms with Gasteiger partial charge in [-0.05, 0) is 33.0 Å². The lowest BCUT2D eigenvalue weighted by Crippen LogP contribution is -2.54. The van der Waals surface area contributed by atoms with E-state index in [-0.39, 0.29) is 5.91 Å². The largest absolute Gasteiger partial charge is 0.337 e. The highest BCUT2D eigenvalue weighted by Gasteiger charge is 2.27. The summed E-state index contributed by atoms with van der Waals surface area (Å²) in [6.07, 6.45) is 2.28. The summed E-state index contributed by atoms with van der Waals surface area (Å²) in [5.41, 5.74) is 0. The van der Waals surface area contributed by atoms with Crippen LogP contribution in [-0.2, 0) is 4.79 Å². The normalized spacial score (nSPS) is 26.9. The van der Waals surface area contributed by atoms with Gasteiger partial charge in [0.25, 0.3) is 0 Å². The van der Waals surface area contributed by atoms with Gasteiger partial charge in [0.2, 0.25) is 5.91 Å². The highest BCUT2D eigenvalue weighted by molar-refractivity contribution is 5.79. The molecule has 0 aromatic heterocycles. The Morgan fingerprint density at radius 2 is 2.00 bits per heavy atom. The summed E-state index contributed by atoms with van der Waals surface area (Å²) in [6, 6.07) is 0.501. The highest BCUT2D eigenvalue weighted by Crippen LogP contribution is 2.16. The monoisotopic (exact) mass is 197 g/mol. The van der Waals surface area contributed by atoms with Crippen LogP contribution in [0.4, 0.5) is 0 Å². The third-order valence-electron chi connectivity index (χ3n) is 3.25. The highest BCUT2D eigenvalue weighted by atomic mass is 16.2. The van der Waals surface area contributed by atoms with Crippen LogP contribution in [0.15, 0.2) is 0 Å². The number of likely N-dealkylation sites (tertiary alicyclic amines) is 1. The van der Waals surface area contributed by atoms with Gasteiger partial charge in [0.05, 0.1) is 6.54 Å². The first kappa shape index (κ1) is 9.93. The number of nitrogens with zero attached hydrogens (tertiary/aromatic N) is 2. The minimum Gasteiger partial charge on any atom is -0.337 e. The Morgan fingerprint density at radius 1 is 1.29 bits per heavy atom. The lowest BCUT2D eigenvalue weighted by molar-refractivity contribution is -0.135. The number of amides is 1. The van der Waals surface area contributed by atoms with Crippen LogP contribution < -0.4 is 5.32 Å². The minimum absolute atomic E-state index is 0.283. The van der Waals surface area contributed by atoms with Gasteiger partial charge >= 0.3 is 0 Å². The Kier molecular flexibility index (Phi) is 3.03.